The zero-order valence-corrected chi connectivity index (χ0v) is 29.5. The topological polar surface area (TPSA) is 79.2 Å². The molecule has 13 unspecified atom stereocenters. The van der Waals surface area contributed by atoms with Crippen molar-refractivity contribution in [3.8, 4) is 0 Å². The van der Waals surface area contributed by atoms with E-state index in [4.69, 9.17) is 9.47 Å². The van der Waals surface area contributed by atoms with Gasteiger partial charge < -0.3 is 24.8 Å². The van der Waals surface area contributed by atoms with Crippen molar-refractivity contribution in [2.45, 2.75) is 170 Å². The predicted molar refractivity (Wildman–Crippen MR) is 173 cm³/mol. The molecule has 0 aromatic rings. The molecule has 43 heavy (non-hydrogen) atoms. The van der Waals surface area contributed by atoms with Gasteiger partial charge in [0.2, 0.25) is 0 Å². The maximum Gasteiger partial charge on any atom is 0.187 e. The molecule has 0 spiro atoms. The molecule has 0 aromatic heterocycles. The Morgan fingerprint density at radius 3 is 2.16 bits per heavy atom. The normalized spacial score (nSPS) is 52.4. The molecule has 0 bridgehead atoms. The molecule has 5 fully saturated rings. The molecule has 4 aliphatic carbocycles. The summed E-state index contributed by atoms with van der Waals surface area (Å²) in [5.41, 5.74) is 2.06. The molecular formula is C38H66O5. The summed E-state index contributed by atoms with van der Waals surface area (Å²) in [6, 6.07) is 0. The lowest BCUT2D eigenvalue weighted by Crippen LogP contribution is -2.65. The molecule has 1 saturated heterocycles. The number of aliphatic hydroxyl groups is 3. The van der Waals surface area contributed by atoms with E-state index in [9.17, 15) is 15.3 Å². The van der Waals surface area contributed by atoms with Crippen LogP contribution in [0.15, 0.2) is 11.6 Å². The van der Waals surface area contributed by atoms with Gasteiger partial charge in [0.1, 0.15) is 18.3 Å². The number of fused-ring (bicyclic) bond motifs is 5. The van der Waals surface area contributed by atoms with Crippen LogP contribution in [0.3, 0.4) is 0 Å². The van der Waals surface area contributed by atoms with E-state index in [1.165, 1.54) is 44.1 Å². The summed E-state index contributed by atoms with van der Waals surface area (Å²) in [5, 5.41) is 32.0. The molecule has 248 valence electrons. The van der Waals surface area contributed by atoms with Gasteiger partial charge in [-0.25, -0.2) is 0 Å². The van der Waals surface area contributed by atoms with Crippen LogP contribution in [-0.2, 0) is 9.47 Å². The van der Waals surface area contributed by atoms with Crippen LogP contribution in [0.5, 0.6) is 0 Å². The van der Waals surface area contributed by atoms with Crippen molar-refractivity contribution in [1.82, 2.24) is 0 Å². The SMILES string of the molecule is CC(C)=CCC[C@](C)(OC1OC(C)C(O)C(O)C1O)C1CC[C@]2(C)C1C(C)CC1C3(C)CCC(C)C(C)(C)C3CCC12C. The van der Waals surface area contributed by atoms with E-state index in [0.29, 0.717) is 28.6 Å². The minimum absolute atomic E-state index is 0.220. The summed E-state index contributed by atoms with van der Waals surface area (Å²) in [6.45, 7) is 26.5. The third-order valence-corrected chi connectivity index (χ3v) is 15.4. The number of hydrogen-bond donors (Lipinski definition) is 3. The minimum atomic E-state index is -1.28. The Kier molecular flexibility index (Phi) is 8.95. The molecule has 0 radical (unpaired) electrons. The predicted octanol–water partition coefficient (Wildman–Crippen LogP) is 7.90. The smallest absolute Gasteiger partial charge is 0.187 e. The summed E-state index contributed by atoms with van der Waals surface area (Å²) < 4.78 is 13.0. The maximum absolute atomic E-state index is 11.0. The van der Waals surface area contributed by atoms with Gasteiger partial charge >= 0.3 is 0 Å². The number of aliphatic hydroxyl groups excluding tert-OH is 3. The average Bonchev–Trinajstić information content (AvgIpc) is 3.30. The molecule has 0 amide bonds. The molecule has 1 aliphatic heterocycles. The fourth-order valence-corrected chi connectivity index (χ4v) is 12.4. The van der Waals surface area contributed by atoms with Crippen LogP contribution in [0.1, 0.15) is 134 Å². The van der Waals surface area contributed by atoms with Crippen molar-refractivity contribution in [3.05, 3.63) is 11.6 Å². The highest BCUT2D eigenvalue weighted by atomic mass is 16.7. The van der Waals surface area contributed by atoms with E-state index in [-0.39, 0.29) is 10.8 Å². The van der Waals surface area contributed by atoms with Crippen molar-refractivity contribution < 1.29 is 24.8 Å². The van der Waals surface area contributed by atoms with Crippen LogP contribution in [0.4, 0.5) is 0 Å². The number of rotatable bonds is 6. The van der Waals surface area contributed by atoms with Crippen molar-refractivity contribution in [2.75, 3.05) is 0 Å². The highest BCUT2D eigenvalue weighted by Gasteiger charge is 2.70. The fourth-order valence-electron chi connectivity index (χ4n) is 12.4. The molecule has 5 rings (SSSR count). The lowest BCUT2D eigenvalue weighted by Gasteiger charge is -2.71. The number of allylic oxidation sites excluding steroid dienone is 2. The Balaban J connectivity index is 1.49. The van der Waals surface area contributed by atoms with Crippen LogP contribution in [0, 0.1) is 57.2 Å². The molecule has 5 nitrogen and oxygen atoms in total. The third kappa shape index (κ3) is 5.13. The average molecular weight is 603 g/mol. The molecule has 3 N–H and O–H groups in total. The zero-order chi connectivity index (χ0) is 31.9. The van der Waals surface area contributed by atoms with E-state index >= 15 is 0 Å². The van der Waals surface area contributed by atoms with Gasteiger partial charge in [-0.05, 0) is 143 Å². The van der Waals surface area contributed by atoms with Crippen LogP contribution in [0.2, 0.25) is 0 Å². The molecular weight excluding hydrogens is 536 g/mol. The monoisotopic (exact) mass is 602 g/mol. The fraction of sp³-hybridized carbons (Fsp3) is 0.947. The third-order valence-electron chi connectivity index (χ3n) is 15.4. The zero-order valence-electron chi connectivity index (χ0n) is 29.5. The van der Waals surface area contributed by atoms with E-state index in [2.05, 4.69) is 75.3 Å². The van der Waals surface area contributed by atoms with Gasteiger partial charge in [-0.1, -0.05) is 60.1 Å². The van der Waals surface area contributed by atoms with Gasteiger partial charge in [-0.15, -0.1) is 0 Å². The molecule has 5 aliphatic rings. The Morgan fingerprint density at radius 1 is 0.860 bits per heavy atom. The molecule has 1 heterocycles. The van der Waals surface area contributed by atoms with Crippen LogP contribution >= 0.6 is 0 Å². The lowest BCUT2D eigenvalue weighted by molar-refractivity contribution is -0.329. The van der Waals surface area contributed by atoms with Crippen molar-refractivity contribution >= 4 is 0 Å². The Morgan fingerprint density at radius 2 is 1.51 bits per heavy atom. The van der Waals surface area contributed by atoms with Crippen LogP contribution in [-0.4, -0.2) is 51.6 Å². The van der Waals surface area contributed by atoms with Gasteiger partial charge in [0.05, 0.1) is 11.7 Å². The second-order valence-electron chi connectivity index (χ2n) is 18.1. The molecule has 5 heteroatoms. The van der Waals surface area contributed by atoms with Crippen molar-refractivity contribution in [2.24, 2.45) is 57.2 Å². The van der Waals surface area contributed by atoms with E-state index in [1.807, 2.05) is 0 Å². The summed E-state index contributed by atoms with van der Waals surface area (Å²) >= 11 is 0. The molecule has 0 aromatic carbocycles. The largest absolute Gasteiger partial charge is 0.388 e. The summed E-state index contributed by atoms with van der Waals surface area (Å²) in [5.74, 6) is 3.75. The van der Waals surface area contributed by atoms with Gasteiger partial charge in [-0.3, -0.25) is 0 Å². The van der Waals surface area contributed by atoms with E-state index in [0.717, 1.165) is 37.0 Å². The summed E-state index contributed by atoms with van der Waals surface area (Å²) in [6.07, 6.45) is 7.80. The molecule has 15 atom stereocenters. The Bertz CT molecular complexity index is 1050. The van der Waals surface area contributed by atoms with E-state index < -0.39 is 36.3 Å². The first kappa shape index (κ1) is 33.9. The first-order chi connectivity index (χ1) is 19.8. The van der Waals surface area contributed by atoms with E-state index in [1.54, 1.807) is 6.92 Å². The lowest BCUT2D eigenvalue weighted by atomic mass is 9.34. The van der Waals surface area contributed by atoms with Crippen LogP contribution in [0.25, 0.3) is 0 Å². The molecule has 4 saturated carbocycles. The standard InChI is InChI=1S/C38H66O5/c1-22(2)13-12-17-38(11,43-33-32(41)31(40)30(39)25(5)42-33)26-15-19-37(10)29(26)23(3)21-28-35(8)18-14-24(4)34(6,7)27(35)16-20-36(28,37)9/h13,23-33,39-41H,12,14-21H2,1-11H3/t23?,24?,25?,26?,27?,28?,29?,30?,31?,32?,33?,35?,36?,37-,38+/m1/s1. The highest BCUT2D eigenvalue weighted by Crippen LogP contribution is 2.77. The number of ether oxygens (including phenoxy) is 2. The quantitative estimate of drug-likeness (QED) is 0.269. The Labute approximate surface area is 263 Å². The second kappa shape index (κ2) is 11.4. The van der Waals surface area contributed by atoms with Crippen molar-refractivity contribution in [3.63, 3.8) is 0 Å². The second-order valence-corrected chi connectivity index (χ2v) is 18.1. The van der Waals surface area contributed by atoms with Gasteiger partial charge in [-0.2, -0.15) is 0 Å². The van der Waals surface area contributed by atoms with Gasteiger partial charge in [0.15, 0.2) is 6.29 Å². The first-order valence-corrected chi connectivity index (χ1v) is 17.8. The minimum Gasteiger partial charge on any atom is -0.388 e. The maximum atomic E-state index is 11.0. The van der Waals surface area contributed by atoms with Gasteiger partial charge in [0.25, 0.3) is 0 Å². The van der Waals surface area contributed by atoms with Crippen LogP contribution < -0.4 is 0 Å². The summed E-state index contributed by atoms with van der Waals surface area (Å²) in [7, 11) is 0. The first-order valence-electron chi connectivity index (χ1n) is 17.8. The van der Waals surface area contributed by atoms with Gasteiger partial charge in [0, 0.05) is 0 Å². The van der Waals surface area contributed by atoms with Crippen molar-refractivity contribution in [1.29, 1.82) is 0 Å². The summed E-state index contributed by atoms with van der Waals surface area (Å²) in [4.78, 5) is 0. The number of hydrogen-bond acceptors (Lipinski definition) is 5. The highest BCUT2D eigenvalue weighted by molar-refractivity contribution is 5.19. The Hall–Kier alpha value is -0.460.